The van der Waals surface area contributed by atoms with E-state index in [0.29, 0.717) is 18.5 Å². The monoisotopic (exact) mass is 425 g/mol. The van der Waals surface area contributed by atoms with Crippen LogP contribution < -0.4 is 0 Å². The Kier molecular flexibility index (Phi) is 7.55. The van der Waals surface area contributed by atoms with Crippen LogP contribution in [0.25, 0.3) is 0 Å². The third-order valence-electron chi connectivity index (χ3n) is 5.33. The van der Waals surface area contributed by atoms with E-state index in [0.717, 1.165) is 37.9 Å². The quantitative estimate of drug-likeness (QED) is 0.509. The highest BCUT2D eigenvalue weighted by Crippen LogP contribution is 2.38. The van der Waals surface area contributed by atoms with Gasteiger partial charge in [0.2, 0.25) is 0 Å². The van der Waals surface area contributed by atoms with Gasteiger partial charge < -0.3 is 15.3 Å². The molecule has 0 aromatic carbocycles. The molecule has 10 heteroatoms. The normalized spacial score (nSPS) is 27.6. The summed E-state index contributed by atoms with van der Waals surface area (Å²) >= 11 is 1.40. The van der Waals surface area contributed by atoms with Crippen molar-refractivity contribution in [2.45, 2.75) is 75.5 Å². The average molecular weight is 426 g/mol. The van der Waals surface area contributed by atoms with Crippen molar-refractivity contribution in [2.24, 2.45) is 0 Å². The Morgan fingerprint density at radius 2 is 2.07 bits per heavy atom. The number of aliphatic hydroxyl groups excluding tert-OH is 3. The second-order valence-corrected chi connectivity index (χ2v) is 9.10. The van der Waals surface area contributed by atoms with Gasteiger partial charge in [0.15, 0.2) is 6.23 Å². The fourth-order valence-electron chi connectivity index (χ4n) is 3.69. The van der Waals surface area contributed by atoms with Crippen LogP contribution in [-0.2, 0) is 13.0 Å². The van der Waals surface area contributed by atoms with Crippen molar-refractivity contribution in [2.75, 3.05) is 13.2 Å². The number of aliphatic hydroxyl groups is 3. The van der Waals surface area contributed by atoms with E-state index in [1.807, 2.05) is 10.9 Å². The smallest absolute Gasteiger partial charge is 0.327 e. The third-order valence-corrected chi connectivity index (χ3v) is 6.87. The molecule has 1 saturated heterocycles. The molecule has 3 heterocycles. The molecular formula is C19H31N5O4S. The average Bonchev–Trinajstić information content (AvgIpc) is 3.30. The molecule has 9 nitrogen and oxygen atoms in total. The SMILES string of the molecule is CCCn1cc(CCCCN2C(=O)N(C3CC(O)[C@@H](CO)S3)C=C(C)C2O)nn1. The van der Waals surface area contributed by atoms with Crippen LogP contribution in [0.3, 0.4) is 0 Å². The van der Waals surface area contributed by atoms with Gasteiger partial charge in [-0.05, 0) is 38.2 Å². The Hall–Kier alpha value is -1.62. The number of amides is 2. The molecule has 3 N–H and O–H groups in total. The molecule has 29 heavy (non-hydrogen) atoms. The number of rotatable bonds is 9. The first-order valence-corrected chi connectivity index (χ1v) is 11.2. The predicted molar refractivity (Wildman–Crippen MR) is 110 cm³/mol. The zero-order valence-corrected chi connectivity index (χ0v) is 17.8. The minimum absolute atomic E-state index is 0.123. The van der Waals surface area contributed by atoms with Gasteiger partial charge >= 0.3 is 6.03 Å². The maximum absolute atomic E-state index is 13.0. The number of carbonyl (C=O) groups is 1. The molecule has 0 aliphatic carbocycles. The molecule has 0 saturated carbocycles. The lowest BCUT2D eigenvalue weighted by molar-refractivity contribution is 0.0325. The molecule has 0 radical (unpaired) electrons. The van der Waals surface area contributed by atoms with Crippen molar-refractivity contribution < 1.29 is 20.1 Å². The number of hydrogen-bond acceptors (Lipinski definition) is 7. The molecule has 1 aromatic heterocycles. The van der Waals surface area contributed by atoms with Gasteiger partial charge in [-0.2, -0.15) is 0 Å². The van der Waals surface area contributed by atoms with E-state index >= 15 is 0 Å². The van der Waals surface area contributed by atoms with E-state index in [2.05, 4.69) is 17.2 Å². The second kappa shape index (κ2) is 9.92. The molecule has 1 fully saturated rings. The zero-order valence-electron chi connectivity index (χ0n) is 17.0. The highest BCUT2D eigenvalue weighted by atomic mass is 32.2. The minimum Gasteiger partial charge on any atom is -0.395 e. The standard InChI is InChI=1S/C19H31N5O4S/c1-3-7-22-11-14(20-21-22)6-4-5-8-23-18(27)13(2)10-24(19(23)28)17-9-15(26)16(12-25)29-17/h10-11,15-18,25-27H,3-9,12H2,1-2H3/t15?,16-,17?,18?/m1/s1. The largest absolute Gasteiger partial charge is 0.395 e. The summed E-state index contributed by atoms with van der Waals surface area (Å²) in [5, 5.41) is 37.6. The molecule has 1 aromatic rings. The second-order valence-electron chi connectivity index (χ2n) is 7.67. The lowest BCUT2D eigenvalue weighted by Crippen LogP contribution is -2.53. The number of aromatic nitrogens is 3. The Labute approximate surface area is 175 Å². The molecule has 2 aliphatic rings. The Morgan fingerprint density at radius 1 is 1.28 bits per heavy atom. The third kappa shape index (κ3) is 5.11. The topological polar surface area (TPSA) is 115 Å². The van der Waals surface area contributed by atoms with Gasteiger partial charge in [-0.1, -0.05) is 12.1 Å². The first-order chi connectivity index (χ1) is 13.9. The van der Waals surface area contributed by atoms with Gasteiger partial charge in [0, 0.05) is 31.9 Å². The molecular weight excluding hydrogens is 394 g/mol. The molecule has 162 valence electrons. The summed E-state index contributed by atoms with van der Waals surface area (Å²) in [4.78, 5) is 16.0. The first kappa shape index (κ1) is 22.1. The molecule has 2 aliphatic heterocycles. The summed E-state index contributed by atoms with van der Waals surface area (Å²) in [5.74, 6) is 0. The molecule has 0 spiro atoms. The van der Waals surface area contributed by atoms with E-state index < -0.39 is 12.3 Å². The van der Waals surface area contributed by atoms with Gasteiger partial charge in [-0.3, -0.25) is 14.5 Å². The fourth-order valence-corrected chi connectivity index (χ4v) is 5.07. The number of hydrogen-bond donors (Lipinski definition) is 3. The summed E-state index contributed by atoms with van der Waals surface area (Å²) in [6.07, 6.45) is 5.83. The summed E-state index contributed by atoms with van der Waals surface area (Å²) in [5.41, 5.74) is 1.63. The zero-order chi connectivity index (χ0) is 21.0. The van der Waals surface area contributed by atoms with Crippen LogP contribution in [0, 0.1) is 0 Å². The predicted octanol–water partition coefficient (Wildman–Crippen LogP) is 1.16. The van der Waals surface area contributed by atoms with Gasteiger partial charge in [0.05, 0.1) is 29.0 Å². The summed E-state index contributed by atoms with van der Waals surface area (Å²) in [6, 6.07) is -0.264. The summed E-state index contributed by atoms with van der Waals surface area (Å²) in [6.45, 7) is 5.06. The van der Waals surface area contributed by atoms with Gasteiger partial charge in [-0.25, -0.2) is 4.79 Å². The van der Waals surface area contributed by atoms with Gasteiger partial charge in [0.25, 0.3) is 0 Å². The van der Waals surface area contributed by atoms with Crippen molar-refractivity contribution >= 4 is 17.8 Å². The van der Waals surface area contributed by atoms with Crippen LogP contribution >= 0.6 is 11.8 Å². The van der Waals surface area contributed by atoms with Crippen LogP contribution in [0.2, 0.25) is 0 Å². The summed E-state index contributed by atoms with van der Waals surface area (Å²) in [7, 11) is 0. The van der Waals surface area contributed by atoms with E-state index in [1.54, 1.807) is 18.0 Å². The maximum atomic E-state index is 13.0. The first-order valence-electron chi connectivity index (χ1n) is 10.2. The number of urea groups is 1. The van der Waals surface area contributed by atoms with Gasteiger partial charge in [0.1, 0.15) is 0 Å². The highest BCUT2D eigenvalue weighted by molar-refractivity contribution is 8.00. The van der Waals surface area contributed by atoms with E-state index in [9.17, 15) is 20.1 Å². The lowest BCUT2D eigenvalue weighted by Gasteiger charge is -2.39. The Morgan fingerprint density at radius 3 is 2.76 bits per heavy atom. The van der Waals surface area contributed by atoms with E-state index in [4.69, 9.17) is 0 Å². The molecule has 0 bridgehead atoms. The van der Waals surface area contributed by atoms with Crippen LogP contribution in [0.5, 0.6) is 0 Å². The highest BCUT2D eigenvalue weighted by Gasteiger charge is 2.41. The van der Waals surface area contributed by atoms with Crippen LogP contribution in [-0.4, -0.2) is 82.3 Å². The number of aryl methyl sites for hydroxylation is 2. The lowest BCUT2D eigenvalue weighted by atomic mass is 10.1. The van der Waals surface area contributed by atoms with E-state index in [-0.39, 0.29) is 23.3 Å². The van der Waals surface area contributed by atoms with Crippen molar-refractivity contribution in [1.82, 2.24) is 24.8 Å². The number of unbranched alkanes of at least 4 members (excludes halogenated alkanes) is 1. The number of nitrogens with zero attached hydrogens (tertiary/aromatic N) is 5. The van der Waals surface area contributed by atoms with Crippen LogP contribution in [0.4, 0.5) is 4.79 Å². The molecule has 3 unspecified atom stereocenters. The van der Waals surface area contributed by atoms with Crippen molar-refractivity contribution in [3.8, 4) is 0 Å². The molecule has 3 rings (SSSR count). The Balaban J connectivity index is 1.54. The fraction of sp³-hybridized carbons (Fsp3) is 0.737. The summed E-state index contributed by atoms with van der Waals surface area (Å²) < 4.78 is 1.84. The number of carbonyl (C=O) groups excluding carboxylic acids is 1. The van der Waals surface area contributed by atoms with Crippen molar-refractivity contribution in [3.05, 3.63) is 23.7 Å². The number of thioether (sulfide) groups is 1. The van der Waals surface area contributed by atoms with Gasteiger partial charge in [-0.15, -0.1) is 16.9 Å². The maximum Gasteiger partial charge on any atom is 0.327 e. The van der Waals surface area contributed by atoms with E-state index in [1.165, 1.54) is 16.7 Å². The van der Waals surface area contributed by atoms with Crippen LogP contribution in [0.15, 0.2) is 18.0 Å². The molecule has 2 amide bonds. The van der Waals surface area contributed by atoms with Crippen molar-refractivity contribution in [3.63, 3.8) is 0 Å². The van der Waals surface area contributed by atoms with Crippen molar-refractivity contribution in [1.29, 1.82) is 0 Å². The minimum atomic E-state index is -0.936. The Bertz CT molecular complexity index is 727. The molecule has 4 atom stereocenters. The van der Waals surface area contributed by atoms with Crippen LogP contribution in [0.1, 0.15) is 45.2 Å².